The van der Waals surface area contributed by atoms with E-state index in [9.17, 15) is 9.00 Å². The van der Waals surface area contributed by atoms with Crippen molar-refractivity contribution in [1.29, 1.82) is 0 Å². The Morgan fingerprint density at radius 3 is 2.49 bits per heavy atom. The van der Waals surface area contributed by atoms with Gasteiger partial charge in [0.2, 0.25) is 11.9 Å². The van der Waals surface area contributed by atoms with E-state index in [-0.39, 0.29) is 11.9 Å². The zero-order valence-electron chi connectivity index (χ0n) is 24.4. The van der Waals surface area contributed by atoms with Gasteiger partial charge in [0.15, 0.2) is 5.82 Å². The monoisotopic (exact) mass is 600 g/mol. The first-order chi connectivity index (χ1) is 19.4. The predicted octanol–water partition coefficient (Wildman–Crippen LogP) is 5.07. The van der Waals surface area contributed by atoms with Crippen LogP contribution < -0.4 is 30.3 Å². The van der Waals surface area contributed by atoms with Crippen molar-refractivity contribution in [1.82, 2.24) is 14.9 Å². The van der Waals surface area contributed by atoms with Crippen molar-refractivity contribution in [3.63, 3.8) is 0 Å². The number of nitrogens with one attached hydrogen (secondary N) is 4. The molecule has 3 aromatic rings. The van der Waals surface area contributed by atoms with Crippen LogP contribution in [-0.4, -0.2) is 72.6 Å². The van der Waals surface area contributed by atoms with Gasteiger partial charge in [-0.25, -0.2) is 9.19 Å². The molecule has 4 N–H and O–H groups in total. The lowest BCUT2D eigenvalue weighted by atomic mass is 10.1. The number of amides is 1. The molecule has 1 amide bonds. The molecule has 3 rings (SSSR count). The third-order valence-corrected chi connectivity index (χ3v) is 7.05. The molecule has 0 saturated heterocycles. The minimum absolute atomic E-state index is 0.238. The molecule has 0 aliphatic heterocycles. The molecule has 1 heterocycles. The second kappa shape index (κ2) is 14.2. The van der Waals surface area contributed by atoms with Gasteiger partial charge in [-0.05, 0) is 57.3 Å². The highest BCUT2D eigenvalue weighted by Gasteiger charge is 2.18. The number of aryl methyl sites for hydroxylation is 1. The summed E-state index contributed by atoms with van der Waals surface area (Å²) in [7, 11) is 6.22. The van der Waals surface area contributed by atoms with Crippen LogP contribution in [0.4, 0.5) is 40.2 Å². The van der Waals surface area contributed by atoms with E-state index in [0.717, 1.165) is 29.9 Å². The maximum Gasteiger partial charge on any atom is 0.247 e. The molecule has 0 aliphatic rings. The first-order valence-electron chi connectivity index (χ1n) is 12.7. The maximum atomic E-state index is 12.3. The van der Waals surface area contributed by atoms with Crippen LogP contribution in [0.3, 0.4) is 0 Å². The van der Waals surface area contributed by atoms with Crippen LogP contribution in [-0.2, 0) is 15.8 Å². The summed E-state index contributed by atoms with van der Waals surface area (Å²) in [4.78, 5) is 25.3. The number of halogens is 1. The summed E-state index contributed by atoms with van der Waals surface area (Å²) in [5, 5.41) is 9.58. The van der Waals surface area contributed by atoms with E-state index >= 15 is 0 Å². The van der Waals surface area contributed by atoms with E-state index in [1.54, 1.807) is 19.4 Å². The van der Waals surface area contributed by atoms with Crippen LogP contribution in [0.2, 0.25) is 5.02 Å². The molecule has 0 aliphatic carbocycles. The highest BCUT2D eigenvalue weighted by molar-refractivity contribution is 7.85. The summed E-state index contributed by atoms with van der Waals surface area (Å²) >= 11 is 6.46. The van der Waals surface area contributed by atoms with Gasteiger partial charge >= 0.3 is 0 Å². The van der Waals surface area contributed by atoms with Gasteiger partial charge in [0.25, 0.3) is 0 Å². The summed E-state index contributed by atoms with van der Waals surface area (Å²) in [6.07, 6.45) is 4.25. The summed E-state index contributed by atoms with van der Waals surface area (Å²) in [5.74, 6) is 0.759. The van der Waals surface area contributed by atoms with Gasteiger partial charge in [-0.1, -0.05) is 24.2 Å². The van der Waals surface area contributed by atoms with Crippen molar-refractivity contribution in [2.75, 3.05) is 73.2 Å². The number of rotatable bonds is 13. The number of nitrogens with zero attached hydrogens (tertiary/aromatic N) is 4. The van der Waals surface area contributed by atoms with Crippen molar-refractivity contribution in [2.45, 2.75) is 13.8 Å². The Balaban J connectivity index is 1.99. The first kappa shape index (κ1) is 31.7. The summed E-state index contributed by atoms with van der Waals surface area (Å²) < 4.78 is 20.6. The number of benzene rings is 2. The number of anilines is 7. The Labute approximate surface area is 248 Å². The van der Waals surface area contributed by atoms with Crippen LogP contribution in [0.1, 0.15) is 11.1 Å². The smallest absolute Gasteiger partial charge is 0.247 e. The molecule has 220 valence electrons. The molecule has 0 bridgehead atoms. The molecule has 1 atom stereocenters. The Hall–Kier alpha value is -3.87. The quantitative estimate of drug-likeness (QED) is 0.199. The molecule has 13 heteroatoms. The molecule has 1 unspecified atom stereocenters. The fourth-order valence-corrected chi connectivity index (χ4v) is 4.55. The standard InChI is InChI=1S/C28H37ClN8O3S/c1-9-25(38)31-21-14-22(24(40-7)15-23(21)37(6)13-12-36(4)5)33-28-30-16-19(29)27(34-28)32-20-11-10-17(2)18(3)26(20)35-41(8)39/h9-11,14-16,35H,1,12-13H2,2-8H3,(H,31,38)(H2,30,32,33,34). The highest BCUT2D eigenvalue weighted by Crippen LogP contribution is 2.38. The van der Waals surface area contributed by atoms with Gasteiger partial charge < -0.3 is 35.2 Å². The van der Waals surface area contributed by atoms with E-state index in [1.165, 1.54) is 12.3 Å². The van der Waals surface area contributed by atoms with Gasteiger partial charge in [-0.15, -0.1) is 0 Å². The van der Waals surface area contributed by atoms with Crippen LogP contribution in [0.5, 0.6) is 5.75 Å². The van der Waals surface area contributed by atoms with E-state index in [0.29, 0.717) is 39.3 Å². The summed E-state index contributed by atoms with van der Waals surface area (Å²) in [5.41, 5.74) is 5.20. The molecule has 2 aromatic carbocycles. The number of carbonyl (C=O) groups is 1. The molecule has 0 radical (unpaired) electrons. The molecule has 1 aromatic heterocycles. The van der Waals surface area contributed by atoms with Gasteiger partial charge in [-0.3, -0.25) is 4.79 Å². The fourth-order valence-electron chi connectivity index (χ4n) is 3.86. The molecule has 11 nitrogen and oxygen atoms in total. The van der Waals surface area contributed by atoms with Crippen LogP contribution in [0.25, 0.3) is 0 Å². The Morgan fingerprint density at radius 2 is 1.85 bits per heavy atom. The van der Waals surface area contributed by atoms with E-state index in [1.807, 2.05) is 58.1 Å². The molecule has 41 heavy (non-hydrogen) atoms. The second-order valence-corrected chi connectivity index (χ2v) is 11.1. The number of hydrogen-bond donors (Lipinski definition) is 4. The summed E-state index contributed by atoms with van der Waals surface area (Å²) in [6, 6.07) is 7.42. The average molecular weight is 601 g/mol. The van der Waals surface area contributed by atoms with E-state index < -0.39 is 11.0 Å². The normalized spacial score (nSPS) is 11.5. The number of ether oxygens (including phenoxy) is 1. The lowest BCUT2D eigenvalue weighted by Gasteiger charge is -2.26. The van der Waals surface area contributed by atoms with E-state index in [4.69, 9.17) is 16.3 Å². The largest absolute Gasteiger partial charge is 0.494 e. The number of methoxy groups -OCH3 is 1. The van der Waals surface area contributed by atoms with Crippen molar-refractivity contribution in [2.24, 2.45) is 0 Å². The van der Waals surface area contributed by atoms with Gasteiger partial charge in [0.05, 0.1) is 41.7 Å². The SMILES string of the molecule is C=CC(=O)Nc1cc(Nc2ncc(Cl)c(Nc3ccc(C)c(C)c3NS(C)=O)n2)c(OC)cc1N(C)CCN(C)C. The van der Waals surface area contributed by atoms with Crippen LogP contribution >= 0.6 is 11.6 Å². The molecule has 0 saturated carbocycles. The third-order valence-electron chi connectivity index (χ3n) is 6.28. The lowest BCUT2D eigenvalue weighted by Crippen LogP contribution is -2.29. The number of carbonyl (C=O) groups excluding carboxylic acids is 1. The lowest BCUT2D eigenvalue weighted by molar-refractivity contribution is -0.111. The molecular formula is C28H37ClN8O3S. The zero-order valence-corrected chi connectivity index (χ0v) is 26.0. The van der Waals surface area contributed by atoms with Crippen molar-refractivity contribution in [3.8, 4) is 5.75 Å². The molecular weight excluding hydrogens is 564 g/mol. The number of likely N-dealkylation sites (N-methyl/N-ethyl adjacent to an activating group) is 2. The van der Waals surface area contributed by atoms with Crippen molar-refractivity contribution in [3.05, 3.63) is 59.3 Å². The first-order valence-corrected chi connectivity index (χ1v) is 14.6. The van der Waals surface area contributed by atoms with E-state index in [2.05, 4.69) is 42.1 Å². The van der Waals surface area contributed by atoms with Crippen molar-refractivity contribution >= 4 is 68.7 Å². The fraction of sp³-hybridized carbons (Fsp3) is 0.321. The maximum absolute atomic E-state index is 12.3. The van der Waals surface area contributed by atoms with Crippen LogP contribution in [0, 0.1) is 13.8 Å². The molecule has 0 spiro atoms. The average Bonchev–Trinajstić information content (AvgIpc) is 2.93. The minimum atomic E-state index is -1.28. The Morgan fingerprint density at radius 1 is 1.12 bits per heavy atom. The minimum Gasteiger partial charge on any atom is -0.494 e. The summed E-state index contributed by atoms with van der Waals surface area (Å²) in [6.45, 7) is 9.02. The highest BCUT2D eigenvalue weighted by atomic mass is 35.5. The number of aromatic nitrogens is 2. The molecule has 0 fully saturated rings. The Kier molecular flexibility index (Phi) is 10.9. The topological polar surface area (TPSA) is 124 Å². The third kappa shape index (κ3) is 8.32. The van der Waals surface area contributed by atoms with Gasteiger partial charge in [0.1, 0.15) is 21.8 Å². The zero-order chi connectivity index (χ0) is 30.3. The Bertz CT molecular complexity index is 1450. The van der Waals surface area contributed by atoms with Gasteiger partial charge in [0, 0.05) is 32.5 Å². The van der Waals surface area contributed by atoms with Crippen LogP contribution in [0.15, 0.2) is 43.1 Å². The number of hydrogen-bond acceptors (Lipinski definition) is 9. The van der Waals surface area contributed by atoms with Crippen molar-refractivity contribution < 1.29 is 13.7 Å². The predicted molar refractivity (Wildman–Crippen MR) is 171 cm³/mol. The second-order valence-electron chi connectivity index (χ2n) is 9.61. The van der Waals surface area contributed by atoms with Gasteiger partial charge in [-0.2, -0.15) is 4.98 Å².